The molecule has 28 heavy (non-hydrogen) atoms. The van der Waals surface area contributed by atoms with Gasteiger partial charge in [-0.1, -0.05) is 68.7 Å². The van der Waals surface area contributed by atoms with Crippen LogP contribution in [0.2, 0.25) is 0 Å². The van der Waals surface area contributed by atoms with Crippen molar-refractivity contribution in [1.29, 1.82) is 0 Å². The van der Waals surface area contributed by atoms with Crippen molar-refractivity contribution in [3.63, 3.8) is 0 Å². The molecule has 2 aromatic rings. The summed E-state index contributed by atoms with van der Waals surface area (Å²) < 4.78 is 0. The van der Waals surface area contributed by atoms with E-state index in [-0.39, 0.29) is 11.8 Å². The Morgan fingerprint density at radius 1 is 0.929 bits per heavy atom. The first kappa shape index (κ1) is 21.4. The van der Waals surface area contributed by atoms with Crippen molar-refractivity contribution in [2.75, 3.05) is 6.54 Å². The van der Waals surface area contributed by atoms with E-state index >= 15 is 0 Å². The Kier molecular flexibility index (Phi) is 9.52. The van der Waals surface area contributed by atoms with Crippen LogP contribution in [0.15, 0.2) is 60.7 Å². The highest BCUT2D eigenvalue weighted by molar-refractivity contribution is 5.94. The number of unbranched alkanes of at least 4 members (excludes halogenated alkanes) is 3. The minimum Gasteiger partial charge on any atom is -0.348 e. The number of nitrogens with one attached hydrogen (secondary N) is 3. The van der Waals surface area contributed by atoms with Gasteiger partial charge in [0.1, 0.15) is 0 Å². The zero-order valence-electron chi connectivity index (χ0n) is 16.4. The van der Waals surface area contributed by atoms with Crippen molar-refractivity contribution >= 4 is 17.9 Å². The van der Waals surface area contributed by atoms with E-state index in [1.165, 1.54) is 25.3 Å². The second kappa shape index (κ2) is 12.5. The van der Waals surface area contributed by atoms with Gasteiger partial charge in [0.2, 0.25) is 5.91 Å². The standard InChI is InChI=1S/C23H29N3O2/c1-2-3-4-8-17-25-26-23(28)21-14-11-20(12-15-21)18-24-22(27)16-13-19-9-6-5-7-10-19/h5-7,9-16,25H,2-4,8,17-18H2,1H3,(H,24,27)(H,26,28). The van der Waals surface area contributed by atoms with Crippen LogP contribution < -0.4 is 16.2 Å². The zero-order chi connectivity index (χ0) is 20.0. The van der Waals surface area contributed by atoms with E-state index in [2.05, 4.69) is 23.1 Å². The quantitative estimate of drug-likeness (QED) is 0.316. The van der Waals surface area contributed by atoms with Gasteiger partial charge >= 0.3 is 0 Å². The van der Waals surface area contributed by atoms with Gasteiger partial charge in [-0.3, -0.25) is 15.0 Å². The molecule has 2 aromatic carbocycles. The summed E-state index contributed by atoms with van der Waals surface area (Å²) in [5.74, 6) is -0.310. The molecular weight excluding hydrogens is 350 g/mol. The number of hydrogen-bond donors (Lipinski definition) is 3. The van der Waals surface area contributed by atoms with Gasteiger partial charge in [0.05, 0.1) is 0 Å². The maximum Gasteiger partial charge on any atom is 0.265 e. The fraction of sp³-hybridized carbons (Fsp3) is 0.304. The van der Waals surface area contributed by atoms with E-state index < -0.39 is 0 Å². The van der Waals surface area contributed by atoms with Crippen LogP contribution in [-0.4, -0.2) is 18.4 Å². The lowest BCUT2D eigenvalue weighted by Gasteiger charge is -2.08. The maximum absolute atomic E-state index is 12.1. The predicted molar refractivity (Wildman–Crippen MR) is 113 cm³/mol. The van der Waals surface area contributed by atoms with Gasteiger partial charge < -0.3 is 5.32 Å². The van der Waals surface area contributed by atoms with Gasteiger partial charge in [-0.05, 0) is 35.8 Å². The van der Waals surface area contributed by atoms with Crippen molar-refractivity contribution in [2.24, 2.45) is 0 Å². The van der Waals surface area contributed by atoms with Gasteiger partial charge in [-0.2, -0.15) is 0 Å². The Morgan fingerprint density at radius 2 is 1.68 bits per heavy atom. The van der Waals surface area contributed by atoms with Gasteiger partial charge in [0, 0.05) is 24.7 Å². The highest BCUT2D eigenvalue weighted by Crippen LogP contribution is 2.05. The highest BCUT2D eigenvalue weighted by atomic mass is 16.2. The number of amides is 2. The Bertz CT molecular complexity index is 755. The summed E-state index contributed by atoms with van der Waals surface area (Å²) in [6.07, 6.45) is 7.92. The number of rotatable bonds is 11. The summed E-state index contributed by atoms with van der Waals surface area (Å²) in [4.78, 5) is 24.0. The van der Waals surface area contributed by atoms with Crippen molar-refractivity contribution in [2.45, 2.75) is 39.2 Å². The van der Waals surface area contributed by atoms with E-state index in [9.17, 15) is 9.59 Å². The van der Waals surface area contributed by atoms with E-state index in [1.807, 2.05) is 42.5 Å². The summed E-state index contributed by atoms with van der Waals surface area (Å²) >= 11 is 0. The molecule has 0 saturated heterocycles. The fourth-order valence-electron chi connectivity index (χ4n) is 2.61. The third kappa shape index (κ3) is 8.18. The van der Waals surface area contributed by atoms with Crippen LogP contribution in [0, 0.1) is 0 Å². The van der Waals surface area contributed by atoms with Crippen molar-refractivity contribution < 1.29 is 9.59 Å². The lowest BCUT2D eigenvalue weighted by atomic mass is 10.1. The summed E-state index contributed by atoms with van der Waals surface area (Å²) in [7, 11) is 0. The molecule has 148 valence electrons. The first-order valence-corrected chi connectivity index (χ1v) is 9.82. The van der Waals surface area contributed by atoms with Crippen LogP contribution >= 0.6 is 0 Å². The molecule has 0 saturated carbocycles. The molecule has 0 aromatic heterocycles. The lowest BCUT2D eigenvalue weighted by Crippen LogP contribution is -2.37. The third-order valence-corrected chi connectivity index (χ3v) is 4.27. The van der Waals surface area contributed by atoms with Crippen molar-refractivity contribution in [1.82, 2.24) is 16.2 Å². The molecule has 2 rings (SSSR count). The smallest absolute Gasteiger partial charge is 0.265 e. The van der Waals surface area contributed by atoms with Crippen molar-refractivity contribution in [3.8, 4) is 0 Å². The summed E-state index contributed by atoms with van der Waals surface area (Å²) in [6, 6.07) is 16.9. The molecule has 0 heterocycles. The third-order valence-electron chi connectivity index (χ3n) is 4.27. The van der Waals surface area contributed by atoms with Crippen molar-refractivity contribution in [3.05, 3.63) is 77.4 Å². The van der Waals surface area contributed by atoms with Crippen LogP contribution in [0.1, 0.15) is 54.1 Å². The molecule has 0 aliphatic heterocycles. The predicted octanol–water partition coefficient (Wildman–Crippen LogP) is 3.83. The maximum atomic E-state index is 12.1. The summed E-state index contributed by atoms with van der Waals surface area (Å²) in [6.45, 7) is 3.35. The van der Waals surface area contributed by atoms with Crippen LogP contribution in [0.4, 0.5) is 0 Å². The molecule has 0 fully saturated rings. The first-order valence-electron chi connectivity index (χ1n) is 9.82. The molecule has 5 heteroatoms. The number of benzene rings is 2. The molecular formula is C23H29N3O2. The Morgan fingerprint density at radius 3 is 2.39 bits per heavy atom. The number of carbonyl (C=O) groups is 2. The Balaban J connectivity index is 1.71. The molecule has 0 unspecified atom stereocenters. The normalized spacial score (nSPS) is 10.8. The number of carbonyl (C=O) groups excluding carboxylic acids is 2. The second-order valence-electron chi connectivity index (χ2n) is 6.60. The number of hydrogen-bond acceptors (Lipinski definition) is 3. The van der Waals surface area contributed by atoms with Gasteiger partial charge in [0.15, 0.2) is 0 Å². The molecule has 0 atom stereocenters. The Labute approximate surface area is 167 Å². The zero-order valence-corrected chi connectivity index (χ0v) is 16.4. The molecule has 0 aliphatic rings. The molecule has 0 bridgehead atoms. The largest absolute Gasteiger partial charge is 0.348 e. The summed E-state index contributed by atoms with van der Waals surface area (Å²) in [5, 5.41) is 2.84. The van der Waals surface area contributed by atoms with Crippen LogP contribution in [0.5, 0.6) is 0 Å². The van der Waals surface area contributed by atoms with Gasteiger partial charge in [-0.15, -0.1) is 0 Å². The fourth-order valence-corrected chi connectivity index (χ4v) is 2.61. The van der Waals surface area contributed by atoms with E-state index in [4.69, 9.17) is 0 Å². The van der Waals surface area contributed by atoms with E-state index in [0.29, 0.717) is 12.1 Å². The average molecular weight is 380 g/mol. The molecule has 2 amide bonds. The SMILES string of the molecule is CCCCCCNNC(=O)c1ccc(CNC(=O)C=Cc2ccccc2)cc1. The topological polar surface area (TPSA) is 70.2 Å². The Hall–Kier alpha value is -2.92. The average Bonchev–Trinajstić information content (AvgIpc) is 2.74. The monoisotopic (exact) mass is 379 g/mol. The van der Waals surface area contributed by atoms with Crippen LogP contribution in [-0.2, 0) is 11.3 Å². The van der Waals surface area contributed by atoms with E-state index in [1.54, 1.807) is 18.2 Å². The van der Waals surface area contributed by atoms with Gasteiger partial charge in [-0.25, -0.2) is 5.43 Å². The number of hydrazine groups is 1. The minimum absolute atomic E-state index is 0.155. The minimum atomic E-state index is -0.156. The first-order chi connectivity index (χ1) is 13.7. The lowest BCUT2D eigenvalue weighted by molar-refractivity contribution is -0.116. The van der Waals surface area contributed by atoms with Crippen LogP contribution in [0.25, 0.3) is 6.08 Å². The second-order valence-corrected chi connectivity index (χ2v) is 6.60. The van der Waals surface area contributed by atoms with Crippen LogP contribution in [0.3, 0.4) is 0 Å². The molecule has 0 radical (unpaired) electrons. The summed E-state index contributed by atoms with van der Waals surface area (Å²) in [5.41, 5.74) is 8.17. The molecule has 3 N–H and O–H groups in total. The molecule has 0 aliphatic carbocycles. The molecule has 0 spiro atoms. The van der Waals surface area contributed by atoms with Gasteiger partial charge in [0.25, 0.3) is 5.91 Å². The van der Waals surface area contributed by atoms with E-state index in [0.717, 1.165) is 24.1 Å². The highest BCUT2D eigenvalue weighted by Gasteiger charge is 2.05. The molecule has 5 nitrogen and oxygen atoms in total.